The quantitative estimate of drug-likeness (QED) is 0.577. The Bertz CT molecular complexity index is 156. The van der Waals surface area contributed by atoms with E-state index in [0.29, 0.717) is 5.41 Å². The molecule has 1 rings (SSSR count). The lowest BCUT2D eigenvalue weighted by Crippen LogP contribution is -2.29. The second kappa shape index (κ2) is 1.85. The summed E-state index contributed by atoms with van der Waals surface area (Å²) in [5, 5.41) is 3.31. The zero-order chi connectivity index (χ0) is 7.99. The topological polar surface area (TPSA) is 12.0 Å². The van der Waals surface area contributed by atoms with Crippen LogP contribution in [0.1, 0.15) is 27.2 Å². The summed E-state index contributed by atoms with van der Waals surface area (Å²) in [4.78, 5) is 0. The molecule has 1 saturated carbocycles. The van der Waals surface area contributed by atoms with E-state index in [1.807, 2.05) is 7.05 Å². The molecule has 0 radical (unpaired) electrons. The van der Waals surface area contributed by atoms with Crippen LogP contribution in [0, 0.1) is 5.41 Å². The van der Waals surface area contributed by atoms with Crippen LogP contribution in [-0.4, -0.2) is 12.6 Å². The van der Waals surface area contributed by atoms with Crippen LogP contribution in [0.5, 0.6) is 0 Å². The van der Waals surface area contributed by atoms with Gasteiger partial charge >= 0.3 is 0 Å². The summed E-state index contributed by atoms with van der Waals surface area (Å²) in [6, 6.07) is 0. The molecule has 0 amide bonds. The fourth-order valence-corrected chi connectivity index (χ4v) is 1.84. The molecule has 1 heteroatoms. The van der Waals surface area contributed by atoms with Crippen molar-refractivity contribution in [1.82, 2.24) is 5.32 Å². The van der Waals surface area contributed by atoms with Crippen LogP contribution in [0.4, 0.5) is 0 Å². The molecule has 0 aliphatic heterocycles. The highest BCUT2D eigenvalue weighted by molar-refractivity contribution is 5.47. The molecular weight excluding hydrogens is 122 g/mol. The van der Waals surface area contributed by atoms with Gasteiger partial charge in [-0.15, -0.1) is 0 Å². The first-order valence-electron chi connectivity index (χ1n) is 3.91. The molecule has 0 aromatic carbocycles. The zero-order valence-corrected chi connectivity index (χ0v) is 7.41. The molecule has 2 atom stereocenters. The molecule has 1 aliphatic rings. The van der Waals surface area contributed by atoms with Gasteiger partial charge in [0.2, 0.25) is 0 Å². The van der Waals surface area contributed by atoms with Crippen LogP contribution in [0.3, 0.4) is 0 Å². The molecule has 0 spiro atoms. The van der Waals surface area contributed by atoms with Crippen molar-refractivity contribution in [2.45, 2.75) is 32.7 Å². The second-order valence-electron chi connectivity index (χ2n) is 3.54. The minimum absolute atomic E-state index is 0.210. The molecule has 10 heavy (non-hydrogen) atoms. The molecule has 2 unspecified atom stereocenters. The summed E-state index contributed by atoms with van der Waals surface area (Å²) in [6.07, 6.45) is 1.18. The van der Waals surface area contributed by atoms with E-state index in [4.69, 9.17) is 0 Å². The van der Waals surface area contributed by atoms with E-state index < -0.39 is 0 Å². The van der Waals surface area contributed by atoms with Crippen molar-refractivity contribution < 1.29 is 0 Å². The molecule has 0 aromatic heterocycles. The third-order valence-electron chi connectivity index (χ3n) is 3.52. The van der Waals surface area contributed by atoms with Crippen LogP contribution in [0.15, 0.2) is 12.2 Å². The van der Waals surface area contributed by atoms with E-state index in [1.54, 1.807) is 0 Å². The Labute approximate surface area is 63.5 Å². The Hall–Kier alpha value is -0.300. The maximum absolute atomic E-state index is 4.05. The summed E-state index contributed by atoms with van der Waals surface area (Å²) >= 11 is 0. The smallest absolute Gasteiger partial charge is 0.0458 e. The van der Waals surface area contributed by atoms with Crippen molar-refractivity contribution in [2.75, 3.05) is 7.05 Å². The van der Waals surface area contributed by atoms with E-state index in [9.17, 15) is 0 Å². The Balaban J connectivity index is 2.81. The number of nitrogens with one attached hydrogen (secondary N) is 1. The van der Waals surface area contributed by atoms with E-state index >= 15 is 0 Å². The zero-order valence-electron chi connectivity index (χ0n) is 7.41. The highest BCUT2D eigenvalue weighted by Gasteiger charge is 2.62. The molecule has 1 N–H and O–H groups in total. The first kappa shape index (κ1) is 7.80. The Morgan fingerprint density at radius 3 is 2.10 bits per heavy atom. The van der Waals surface area contributed by atoms with Gasteiger partial charge in [-0.25, -0.2) is 0 Å². The highest BCUT2D eigenvalue weighted by Crippen LogP contribution is 2.62. The van der Waals surface area contributed by atoms with E-state index in [0.717, 1.165) is 0 Å². The first-order chi connectivity index (χ1) is 4.53. The Morgan fingerprint density at radius 2 is 2.00 bits per heavy atom. The molecule has 1 aliphatic carbocycles. The van der Waals surface area contributed by atoms with E-state index in [2.05, 4.69) is 32.7 Å². The summed E-state index contributed by atoms with van der Waals surface area (Å²) in [6.45, 7) is 10.8. The number of hydrogen-bond acceptors (Lipinski definition) is 1. The van der Waals surface area contributed by atoms with Crippen LogP contribution in [0.2, 0.25) is 0 Å². The van der Waals surface area contributed by atoms with Gasteiger partial charge in [0, 0.05) is 11.0 Å². The summed E-state index contributed by atoms with van der Waals surface area (Å²) in [5.74, 6) is 0. The Morgan fingerprint density at radius 1 is 1.50 bits per heavy atom. The maximum atomic E-state index is 4.05. The molecule has 58 valence electrons. The third-order valence-corrected chi connectivity index (χ3v) is 3.52. The normalized spacial score (nSPS) is 45.8. The van der Waals surface area contributed by atoms with Gasteiger partial charge in [0.15, 0.2) is 0 Å². The molecule has 0 aromatic rings. The van der Waals surface area contributed by atoms with Crippen LogP contribution in [-0.2, 0) is 0 Å². The fourth-order valence-electron chi connectivity index (χ4n) is 1.84. The lowest BCUT2D eigenvalue weighted by molar-refractivity contribution is 0.414. The number of rotatable bonds is 2. The average molecular weight is 139 g/mol. The SMILES string of the molecule is C=C1C(C)(CC)C1(C)NC. The lowest BCUT2D eigenvalue weighted by atomic mass is 10.0. The molecule has 0 heterocycles. The van der Waals surface area contributed by atoms with Crippen molar-refractivity contribution in [1.29, 1.82) is 0 Å². The monoisotopic (exact) mass is 139 g/mol. The minimum atomic E-state index is 0.210. The predicted octanol–water partition coefficient (Wildman–Crippen LogP) is 1.95. The third kappa shape index (κ3) is 0.567. The van der Waals surface area contributed by atoms with Gasteiger partial charge < -0.3 is 5.32 Å². The van der Waals surface area contributed by atoms with Gasteiger partial charge in [-0.1, -0.05) is 20.4 Å². The van der Waals surface area contributed by atoms with E-state index in [-0.39, 0.29) is 5.54 Å². The largest absolute Gasteiger partial charge is 0.310 e. The van der Waals surface area contributed by atoms with Gasteiger partial charge in [-0.3, -0.25) is 0 Å². The van der Waals surface area contributed by atoms with Crippen molar-refractivity contribution in [3.63, 3.8) is 0 Å². The standard InChI is InChI=1S/C9H17N/c1-6-8(3)7(2)9(8,4)10-5/h10H,2,6H2,1,3-5H3. The molecule has 1 fully saturated rings. The first-order valence-corrected chi connectivity index (χ1v) is 3.91. The Kier molecular flexibility index (Phi) is 1.44. The fraction of sp³-hybridized carbons (Fsp3) is 0.778. The number of hydrogen-bond donors (Lipinski definition) is 1. The van der Waals surface area contributed by atoms with Crippen molar-refractivity contribution in [2.24, 2.45) is 5.41 Å². The second-order valence-corrected chi connectivity index (χ2v) is 3.54. The minimum Gasteiger partial charge on any atom is -0.310 e. The summed E-state index contributed by atoms with van der Waals surface area (Å²) < 4.78 is 0. The molecule has 1 nitrogen and oxygen atoms in total. The summed E-state index contributed by atoms with van der Waals surface area (Å²) in [7, 11) is 2.01. The van der Waals surface area contributed by atoms with Crippen LogP contribution in [0.25, 0.3) is 0 Å². The summed E-state index contributed by atoms with van der Waals surface area (Å²) in [5.41, 5.74) is 1.91. The van der Waals surface area contributed by atoms with Gasteiger partial charge in [0.1, 0.15) is 0 Å². The van der Waals surface area contributed by atoms with Crippen LogP contribution < -0.4 is 5.32 Å². The van der Waals surface area contributed by atoms with Crippen molar-refractivity contribution >= 4 is 0 Å². The number of likely N-dealkylation sites (N-methyl/N-ethyl adjacent to an activating group) is 1. The average Bonchev–Trinajstić information content (AvgIpc) is 2.38. The van der Waals surface area contributed by atoms with E-state index in [1.165, 1.54) is 12.0 Å². The lowest BCUT2D eigenvalue weighted by Gasteiger charge is -2.13. The molecule has 0 bridgehead atoms. The van der Waals surface area contributed by atoms with Crippen molar-refractivity contribution in [3.8, 4) is 0 Å². The maximum Gasteiger partial charge on any atom is 0.0458 e. The van der Waals surface area contributed by atoms with Gasteiger partial charge in [-0.05, 0) is 26.0 Å². The molecular formula is C9H17N. The van der Waals surface area contributed by atoms with Gasteiger partial charge in [-0.2, -0.15) is 0 Å². The van der Waals surface area contributed by atoms with Gasteiger partial charge in [0.05, 0.1) is 0 Å². The highest BCUT2D eigenvalue weighted by atomic mass is 15.0. The molecule has 0 saturated heterocycles. The predicted molar refractivity (Wildman–Crippen MR) is 45.0 cm³/mol. The van der Waals surface area contributed by atoms with Crippen molar-refractivity contribution in [3.05, 3.63) is 12.2 Å². The van der Waals surface area contributed by atoms with Gasteiger partial charge in [0.25, 0.3) is 0 Å². The van der Waals surface area contributed by atoms with Crippen LogP contribution >= 0.6 is 0 Å².